The Bertz CT molecular complexity index is 1280. The van der Waals surface area contributed by atoms with Gasteiger partial charge in [-0.1, -0.05) is 6.07 Å². The molecule has 2 aliphatic rings. The van der Waals surface area contributed by atoms with E-state index in [2.05, 4.69) is 26.9 Å². The molecule has 1 aromatic carbocycles. The maximum atomic E-state index is 13.3. The molecule has 2 aliphatic heterocycles. The highest BCUT2D eigenvalue weighted by molar-refractivity contribution is 6.00. The fourth-order valence-corrected chi connectivity index (χ4v) is 4.92. The van der Waals surface area contributed by atoms with Gasteiger partial charge in [0.1, 0.15) is 12.1 Å². The van der Waals surface area contributed by atoms with E-state index in [9.17, 15) is 9.59 Å². The normalized spacial score (nSPS) is 18.5. The fraction of sp³-hybridized carbons (Fsp3) is 0.423. The summed E-state index contributed by atoms with van der Waals surface area (Å²) < 4.78 is 1.82. The van der Waals surface area contributed by atoms with Crippen LogP contribution in [0.25, 0.3) is 5.82 Å². The Morgan fingerprint density at radius 1 is 0.914 bits per heavy atom. The maximum Gasteiger partial charge on any atom is 0.228 e. The molecule has 2 amide bonds. The first-order chi connectivity index (χ1) is 16.8. The lowest BCUT2D eigenvalue weighted by Crippen LogP contribution is -2.51. The molecule has 9 nitrogen and oxygen atoms in total. The lowest BCUT2D eigenvalue weighted by atomic mass is 10.1. The van der Waals surface area contributed by atoms with Gasteiger partial charge in [0.05, 0.1) is 11.6 Å². The molecular formula is C26H31N7O2. The fourth-order valence-electron chi connectivity index (χ4n) is 4.92. The summed E-state index contributed by atoms with van der Waals surface area (Å²) >= 11 is 0. The predicted octanol–water partition coefficient (Wildman–Crippen LogP) is 2.60. The Kier molecular flexibility index (Phi) is 6.00. The molecule has 9 heteroatoms. The van der Waals surface area contributed by atoms with Crippen molar-refractivity contribution in [3.63, 3.8) is 0 Å². The summed E-state index contributed by atoms with van der Waals surface area (Å²) in [5.74, 6) is 1.34. The summed E-state index contributed by atoms with van der Waals surface area (Å²) in [7, 11) is 0. The maximum absolute atomic E-state index is 13.3. The summed E-state index contributed by atoms with van der Waals surface area (Å²) in [6.45, 7) is 11.1. The highest BCUT2D eigenvalue weighted by atomic mass is 16.2. The first-order valence-electron chi connectivity index (χ1n) is 12.1. The zero-order valence-electron chi connectivity index (χ0n) is 20.7. The van der Waals surface area contributed by atoms with Gasteiger partial charge in [0.15, 0.2) is 5.82 Å². The standard InChI is InChI=1S/C26H31N7O2/c1-17-5-6-22(11-18(17)2)32-15-21(13-25(32)34)26(35)31-9-7-30(8-10-31)23-14-24(28-16-27-23)33-20(4)12-19(3)29-33/h5-6,11-12,14,16,21H,7-10,13,15H2,1-4H3. The second kappa shape index (κ2) is 9.13. The topological polar surface area (TPSA) is 87.5 Å². The quantitative estimate of drug-likeness (QED) is 0.579. The number of piperazine rings is 1. The lowest BCUT2D eigenvalue weighted by molar-refractivity contribution is -0.136. The van der Waals surface area contributed by atoms with E-state index < -0.39 is 0 Å². The monoisotopic (exact) mass is 473 g/mol. The average molecular weight is 474 g/mol. The van der Waals surface area contributed by atoms with Crippen LogP contribution in [0.2, 0.25) is 0 Å². The smallest absolute Gasteiger partial charge is 0.228 e. The summed E-state index contributed by atoms with van der Waals surface area (Å²) in [4.78, 5) is 40.6. The summed E-state index contributed by atoms with van der Waals surface area (Å²) in [6, 6.07) is 9.98. The Morgan fingerprint density at radius 2 is 1.66 bits per heavy atom. The minimum Gasteiger partial charge on any atom is -0.353 e. The molecule has 0 N–H and O–H groups in total. The molecule has 35 heavy (non-hydrogen) atoms. The first kappa shape index (κ1) is 23.0. The third-order valence-electron chi connectivity index (χ3n) is 7.06. The molecule has 2 aromatic heterocycles. The summed E-state index contributed by atoms with van der Waals surface area (Å²) in [6.07, 6.45) is 1.83. The van der Waals surface area contributed by atoms with E-state index in [-0.39, 0.29) is 24.2 Å². The lowest BCUT2D eigenvalue weighted by Gasteiger charge is -2.36. The number of aryl methyl sites for hydroxylation is 4. The van der Waals surface area contributed by atoms with Gasteiger partial charge in [-0.2, -0.15) is 5.10 Å². The van der Waals surface area contributed by atoms with Crippen molar-refractivity contribution >= 4 is 23.3 Å². The van der Waals surface area contributed by atoms with Crippen molar-refractivity contribution in [1.29, 1.82) is 0 Å². The van der Waals surface area contributed by atoms with Crippen molar-refractivity contribution in [3.05, 3.63) is 59.2 Å². The van der Waals surface area contributed by atoms with Gasteiger partial charge < -0.3 is 14.7 Å². The third kappa shape index (κ3) is 4.50. The minimum atomic E-state index is -0.299. The van der Waals surface area contributed by atoms with Gasteiger partial charge in [-0.15, -0.1) is 0 Å². The number of rotatable bonds is 4. The Morgan fingerprint density at radius 3 is 2.34 bits per heavy atom. The summed E-state index contributed by atoms with van der Waals surface area (Å²) in [5.41, 5.74) is 5.17. The SMILES string of the molecule is Cc1cc(C)n(-c2cc(N3CCN(C(=O)C4CC(=O)N(c5ccc(C)c(C)c5)C4)CC3)ncn2)n1. The molecule has 5 rings (SSSR count). The van der Waals surface area contributed by atoms with Crippen LogP contribution in [0, 0.1) is 33.6 Å². The van der Waals surface area contributed by atoms with Crippen LogP contribution in [0.3, 0.4) is 0 Å². The van der Waals surface area contributed by atoms with E-state index in [1.54, 1.807) is 11.2 Å². The predicted molar refractivity (Wildman–Crippen MR) is 134 cm³/mol. The summed E-state index contributed by atoms with van der Waals surface area (Å²) in [5, 5.41) is 4.51. The number of hydrogen-bond acceptors (Lipinski definition) is 6. The van der Waals surface area contributed by atoms with Crippen LogP contribution in [-0.4, -0.2) is 69.2 Å². The molecule has 0 radical (unpaired) electrons. The zero-order valence-corrected chi connectivity index (χ0v) is 20.7. The number of benzene rings is 1. The number of carbonyl (C=O) groups is 2. The number of aromatic nitrogens is 4. The molecular weight excluding hydrogens is 442 g/mol. The Hall–Kier alpha value is -3.75. The number of hydrogen-bond donors (Lipinski definition) is 0. The number of anilines is 2. The van der Waals surface area contributed by atoms with Crippen LogP contribution >= 0.6 is 0 Å². The van der Waals surface area contributed by atoms with Gasteiger partial charge in [-0.05, 0) is 57.0 Å². The average Bonchev–Trinajstić information content (AvgIpc) is 3.41. The molecule has 182 valence electrons. The van der Waals surface area contributed by atoms with E-state index in [1.807, 2.05) is 60.7 Å². The van der Waals surface area contributed by atoms with E-state index in [1.165, 1.54) is 5.56 Å². The van der Waals surface area contributed by atoms with Crippen LogP contribution in [0.1, 0.15) is 28.9 Å². The molecule has 1 atom stereocenters. The molecule has 4 heterocycles. The van der Waals surface area contributed by atoms with Crippen molar-refractivity contribution < 1.29 is 9.59 Å². The molecule has 0 aliphatic carbocycles. The third-order valence-corrected chi connectivity index (χ3v) is 7.06. The molecule has 2 fully saturated rings. The van der Waals surface area contributed by atoms with Gasteiger partial charge in [-0.3, -0.25) is 9.59 Å². The van der Waals surface area contributed by atoms with Crippen molar-refractivity contribution in [2.24, 2.45) is 5.92 Å². The molecule has 0 bridgehead atoms. The Balaban J connectivity index is 1.22. The van der Waals surface area contributed by atoms with Gasteiger partial charge in [0, 0.05) is 56.6 Å². The first-order valence-corrected chi connectivity index (χ1v) is 12.1. The van der Waals surface area contributed by atoms with E-state index in [0.29, 0.717) is 32.7 Å². The van der Waals surface area contributed by atoms with Crippen molar-refractivity contribution in [1.82, 2.24) is 24.6 Å². The van der Waals surface area contributed by atoms with Crippen LogP contribution < -0.4 is 9.80 Å². The largest absolute Gasteiger partial charge is 0.353 e. The van der Waals surface area contributed by atoms with E-state index in [0.717, 1.165) is 34.3 Å². The zero-order chi connectivity index (χ0) is 24.7. The Labute approximate surface area is 205 Å². The molecule has 2 saturated heterocycles. The van der Waals surface area contributed by atoms with Gasteiger partial charge in [-0.25, -0.2) is 14.6 Å². The van der Waals surface area contributed by atoms with Crippen LogP contribution in [-0.2, 0) is 9.59 Å². The van der Waals surface area contributed by atoms with Crippen LogP contribution in [0.4, 0.5) is 11.5 Å². The van der Waals surface area contributed by atoms with E-state index in [4.69, 9.17) is 0 Å². The molecule has 3 aromatic rings. The minimum absolute atomic E-state index is 0.0166. The van der Waals surface area contributed by atoms with Crippen molar-refractivity contribution in [3.8, 4) is 5.82 Å². The highest BCUT2D eigenvalue weighted by Crippen LogP contribution is 2.28. The van der Waals surface area contributed by atoms with Gasteiger partial charge in [0.2, 0.25) is 11.8 Å². The number of amides is 2. The number of nitrogens with zero attached hydrogens (tertiary/aromatic N) is 7. The van der Waals surface area contributed by atoms with E-state index >= 15 is 0 Å². The molecule has 0 spiro atoms. The highest BCUT2D eigenvalue weighted by Gasteiger charge is 2.38. The van der Waals surface area contributed by atoms with Crippen molar-refractivity contribution in [2.75, 3.05) is 42.5 Å². The van der Waals surface area contributed by atoms with Gasteiger partial charge >= 0.3 is 0 Å². The molecule has 0 saturated carbocycles. The molecule has 1 unspecified atom stereocenters. The van der Waals surface area contributed by atoms with Crippen LogP contribution in [0.5, 0.6) is 0 Å². The second-order valence-corrected chi connectivity index (χ2v) is 9.56. The second-order valence-electron chi connectivity index (χ2n) is 9.56. The van der Waals surface area contributed by atoms with Gasteiger partial charge in [0.25, 0.3) is 0 Å². The number of carbonyl (C=O) groups excluding carboxylic acids is 2. The van der Waals surface area contributed by atoms with Crippen LogP contribution in [0.15, 0.2) is 36.7 Å². The van der Waals surface area contributed by atoms with Crippen molar-refractivity contribution in [2.45, 2.75) is 34.1 Å².